The van der Waals surface area contributed by atoms with Crippen LogP contribution in [0.2, 0.25) is 0 Å². The fourth-order valence-electron chi connectivity index (χ4n) is 1.42. The zero-order valence-electron chi connectivity index (χ0n) is 9.10. The van der Waals surface area contributed by atoms with Crippen molar-refractivity contribution in [3.63, 3.8) is 0 Å². The minimum absolute atomic E-state index is 0.496. The van der Waals surface area contributed by atoms with Gasteiger partial charge in [-0.05, 0) is 29.8 Å². The van der Waals surface area contributed by atoms with Gasteiger partial charge in [-0.15, -0.1) is 0 Å². The molecule has 17 heavy (non-hydrogen) atoms. The normalized spacial score (nSPS) is 9.94. The summed E-state index contributed by atoms with van der Waals surface area (Å²) in [5, 5.41) is 0. The van der Waals surface area contributed by atoms with E-state index in [0.717, 1.165) is 16.3 Å². The number of rotatable bonds is 4. The average Bonchev–Trinajstić information content (AvgIpc) is 2.38. The molecule has 86 valence electrons. The molecule has 0 aliphatic heterocycles. The number of hydrogen-bond acceptors (Lipinski definition) is 2. The van der Waals surface area contributed by atoms with E-state index >= 15 is 0 Å². The maximum atomic E-state index is 10.6. The number of carbonyl (C=O) groups excluding carboxylic acids is 1. The van der Waals surface area contributed by atoms with Gasteiger partial charge in [-0.25, -0.2) is 0 Å². The SMILES string of the molecule is O=Cc1cccc(OCc2ccc(Br)cc2)c1. The number of benzene rings is 2. The summed E-state index contributed by atoms with van der Waals surface area (Å²) in [6, 6.07) is 15.1. The van der Waals surface area contributed by atoms with E-state index in [0.29, 0.717) is 17.9 Å². The highest BCUT2D eigenvalue weighted by Crippen LogP contribution is 2.15. The molecule has 0 bridgehead atoms. The van der Waals surface area contributed by atoms with Crippen molar-refractivity contribution >= 4 is 22.2 Å². The second-order valence-corrected chi connectivity index (χ2v) is 4.52. The summed E-state index contributed by atoms with van der Waals surface area (Å²) in [7, 11) is 0. The molecule has 2 aromatic rings. The van der Waals surface area contributed by atoms with Crippen molar-refractivity contribution < 1.29 is 9.53 Å². The van der Waals surface area contributed by atoms with Crippen molar-refractivity contribution in [2.24, 2.45) is 0 Å². The average molecular weight is 291 g/mol. The third kappa shape index (κ3) is 3.43. The molecule has 0 amide bonds. The Morgan fingerprint density at radius 1 is 1.12 bits per heavy atom. The van der Waals surface area contributed by atoms with Crippen molar-refractivity contribution in [2.75, 3.05) is 0 Å². The molecule has 0 aromatic heterocycles. The smallest absolute Gasteiger partial charge is 0.150 e. The summed E-state index contributed by atoms with van der Waals surface area (Å²) >= 11 is 3.38. The number of aldehydes is 1. The van der Waals surface area contributed by atoms with E-state index in [1.807, 2.05) is 30.3 Å². The fraction of sp³-hybridized carbons (Fsp3) is 0.0714. The Hall–Kier alpha value is -1.61. The summed E-state index contributed by atoms with van der Waals surface area (Å²) in [6.45, 7) is 0.496. The Kier molecular flexibility index (Phi) is 3.94. The lowest BCUT2D eigenvalue weighted by molar-refractivity contribution is 0.112. The lowest BCUT2D eigenvalue weighted by atomic mass is 10.2. The molecule has 0 heterocycles. The van der Waals surface area contributed by atoms with Gasteiger partial charge in [0.15, 0.2) is 0 Å². The van der Waals surface area contributed by atoms with Crippen LogP contribution in [0.3, 0.4) is 0 Å². The lowest BCUT2D eigenvalue weighted by Gasteiger charge is -2.06. The summed E-state index contributed by atoms with van der Waals surface area (Å²) in [5.41, 5.74) is 1.71. The molecule has 0 aliphatic carbocycles. The second kappa shape index (κ2) is 5.64. The van der Waals surface area contributed by atoms with E-state index in [9.17, 15) is 4.79 Å². The molecule has 2 nitrogen and oxygen atoms in total. The molecule has 0 unspecified atom stereocenters. The first-order chi connectivity index (χ1) is 8.28. The molecule has 0 aliphatic rings. The minimum atomic E-state index is 0.496. The molecule has 3 heteroatoms. The standard InChI is InChI=1S/C14H11BrO2/c15-13-6-4-11(5-7-13)10-17-14-3-1-2-12(8-14)9-16/h1-9H,10H2. The Morgan fingerprint density at radius 3 is 2.59 bits per heavy atom. The molecular formula is C14H11BrO2. The number of hydrogen-bond donors (Lipinski definition) is 0. The number of ether oxygens (including phenoxy) is 1. The zero-order valence-corrected chi connectivity index (χ0v) is 10.7. The Labute approximate surface area is 108 Å². The van der Waals surface area contributed by atoms with Crippen molar-refractivity contribution in [2.45, 2.75) is 6.61 Å². The van der Waals surface area contributed by atoms with E-state index in [1.54, 1.807) is 18.2 Å². The first-order valence-corrected chi connectivity index (χ1v) is 6.00. The maximum Gasteiger partial charge on any atom is 0.150 e. The van der Waals surface area contributed by atoms with Crippen LogP contribution in [-0.2, 0) is 6.61 Å². The topological polar surface area (TPSA) is 26.3 Å². The second-order valence-electron chi connectivity index (χ2n) is 3.61. The molecule has 2 aromatic carbocycles. The van der Waals surface area contributed by atoms with Crippen LogP contribution in [0.1, 0.15) is 15.9 Å². The van der Waals surface area contributed by atoms with Gasteiger partial charge in [0.05, 0.1) is 0 Å². The van der Waals surface area contributed by atoms with Gasteiger partial charge in [0, 0.05) is 10.0 Å². The van der Waals surface area contributed by atoms with Crippen molar-refractivity contribution in [1.29, 1.82) is 0 Å². The largest absolute Gasteiger partial charge is 0.489 e. The van der Waals surface area contributed by atoms with E-state index in [4.69, 9.17) is 4.74 Å². The van der Waals surface area contributed by atoms with Gasteiger partial charge in [-0.3, -0.25) is 4.79 Å². The Balaban J connectivity index is 2.01. The molecule has 0 spiro atoms. The van der Waals surface area contributed by atoms with Crippen molar-refractivity contribution in [1.82, 2.24) is 0 Å². The third-order valence-electron chi connectivity index (χ3n) is 2.31. The van der Waals surface area contributed by atoms with Crippen LogP contribution >= 0.6 is 15.9 Å². The van der Waals surface area contributed by atoms with Crippen LogP contribution in [0.4, 0.5) is 0 Å². The molecule has 0 fully saturated rings. The van der Waals surface area contributed by atoms with Gasteiger partial charge in [0.2, 0.25) is 0 Å². The molecule has 2 rings (SSSR count). The van der Waals surface area contributed by atoms with Crippen molar-refractivity contribution in [3.8, 4) is 5.75 Å². The van der Waals surface area contributed by atoms with Gasteiger partial charge < -0.3 is 4.74 Å². The van der Waals surface area contributed by atoms with E-state index in [1.165, 1.54) is 0 Å². The molecule has 0 saturated heterocycles. The van der Waals surface area contributed by atoms with Crippen molar-refractivity contribution in [3.05, 3.63) is 64.1 Å². The predicted molar refractivity (Wildman–Crippen MR) is 70.3 cm³/mol. The highest BCUT2D eigenvalue weighted by atomic mass is 79.9. The van der Waals surface area contributed by atoms with Crippen LogP contribution in [0, 0.1) is 0 Å². The first-order valence-electron chi connectivity index (χ1n) is 5.20. The highest BCUT2D eigenvalue weighted by molar-refractivity contribution is 9.10. The minimum Gasteiger partial charge on any atom is -0.489 e. The first kappa shape index (κ1) is 11.9. The monoisotopic (exact) mass is 290 g/mol. The van der Waals surface area contributed by atoms with Crippen LogP contribution in [0.15, 0.2) is 53.0 Å². The van der Waals surface area contributed by atoms with Crippen LogP contribution < -0.4 is 4.74 Å². The fourth-order valence-corrected chi connectivity index (χ4v) is 1.69. The van der Waals surface area contributed by atoms with Crippen LogP contribution in [0.5, 0.6) is 5.75 Å². The number of carbonyl (C=O) groups is 1. The highest BCUT2D eigenvalue weighted by Gasteiger charge is 1.97. The number of halogens is 1. The maximum absolute atomic E-state index is 10.6. The molecule has 0 atom stereocenters. The quantitative estimate of drug-likeness (QED) is 0.800. The molecule has 0 saturated carbocycles. The van der Waals surface area contributed by atoms with E-state index in [2.05, 4.69) is 15.9 Å². The molecule has 0 N–H and O–H groups in total. The predicted octanol–water partition coefficient (Wildman–Crippen LogP) is 3.84. The Bertz CT molecular complexity index is 506. The summed E-state index contributed by atoms with van der Waals surface area (Å²) < 4.78 is 6.65. The Morgan fingerprint density at radius 2 is 1.88 bits per heavy atom. The van der Waals surface area contributed by atoms with Gasteiger partial charge in [-0.2, -0.15) is 0 Å². The van der Waals surface area contributed by atoms with Gasteiger partial charge in [0.25, 0.3) is 0 Å². The molecule has 0 radical (unpaired) electrons. The van der Waals surface area contributed by atoms with Gasteiger partial charge in [-0.1, -0.05) is 40.2 Å². The van der Waals surface area contributed by atoms with Crippen LogP contribution in [-0.4, -0.2) is 6.29 Å². The third-order valence-corrected chi connectivity index (χ3v) is 2.84. The molecular weight excluding hydrogens is 280 g/mol. The summed E-state index contributed by atoms with van der Waals surface area (Å²) in [4.78, 5) is 10.6. The zero-order chi connectivity index (χ0) is 12.1. The van der Waals surface area contributed by atoms with Crippen LogP contribution in [0.25, 0.3) is 0 Å². The summed E-state index contributed by atoms with van der Waals surface area (Å²) in [6.07, 6.45) is 0.812. The van der Waals surface area contributed by atoms with E-state index < -0.39 is 0 Å². The summed E-state index contributed by atoms with van der Waals surface area (Å²) in [5.74, 6) is 0.706. The lowest BCUT2D eigenvalue weighted by Crippen LogP contribution is -1.95. The van der Waals surface area contributed by atoms with Gasteiger partial charge >= 0.3 is 0 Å². The van der Waals surface area contributed by atoms with E-state index in [-0.39, 0.29) is 0 Å². The van der Waals surface area contributed by atoms with Gasteiger partial charge in [0.1, 0.15) is 18.6 Å².